The molecule has 0 aliphatic rings. The summed E-state index contributed by atoms with van der Waals surface area (Å²) in [6.07, 6.45) is 0. The van der Waals surface area contributed by atoms with E-state index in [2.05, 4.69) is 26.0 Å². The summed E-state index contributed by atoms with van der Waals surface area (Å²) in [5.41, 5.74) is 1.06. The van der Waals surface area contributed by atoms with Crippen molar-refractivity contribution >= 4 is 25.5 Å². The van der Waals surface area contributed by atoms with Gasteiger partial charge in [-0.25, -0.2) is 0 Å². The first-order valence-electron chi connectivity index (χ1n) is 4.57. The van der Waals surface area contributed by atoms with Gasteiger partial charge in [0, 0.05) is 0 Å². The van der Waals surface area contributed by atoms with Gasteiger partial charge < -0.3 is 0 Å². The van der Waals surface area contributed by atoms with Crippen molar-refractivity contribution in [2.75, 3.05) is 6.61 Å². The summed E-state index contributed by atoms with van der Waals surface area (Å²) < 4.78 is 5.35. The van der Waals surface area contributed by atoms with E-state index in [-0.39, 0.29) is 5.41 Å². The maximum atomic E-state index is 5.75. The third-order valence-electron chi connectivity index (χ3n) is 2.15. The Kier molecular flexibility index (Phi) is 5.14. The number of rotatable bonds is 4. The molecule has 0 saturated heterocycles. The fourth-order valence-electron chi connectivity index (χ4n) is 1.23. The van der Waals surface area contributed by atoms with Gasteiger partial charge in [0.2, 0.25) is 0 Å². The molecule has 0 bridgehead atoms. The van der Waals surface area contributed by atoms with Crippen molar-refractivity contribution in [1.29, 1.82) is 0 Å². The summed E-state index contributed by atoms with van der Waals surface area (Å²) in [4.78, 5) is 0. The van der Waals surface area contributed by atoms with Crippen LogP contribution in [0.4, 0.5) is 0 Å². The molecule has 0 aromatic heterocycles. The standard InChI is InChI=1S/C10H13O.3ClH.Zr/c1-10(2,8-11)9-6-4-3-5-7-9;;;;/h3-7H,8H2,1-2H3;3*1H;/q-1;;;;+4/p-3. The zero-order chi connectivity index (χ0) is 11.5. The monoisotopic (exact) mass is 344 g/mol. The molecule has 0 fully saturated rings. The molecular formula is C10H13Cl3OZr. The second-order valence-electron chi connectivity index (χ2n) is 3.98. The maximum absolute atomic E-state index is 5.75. The number of hydrogen-bond donors (Lipinski definition) is 0. The minimum absolute atomic E-state index is 0.123. The van der Waals surface area contributed by atoms with E-state index in [1.165, 1.54) is 5.56 Å². The molecule has 5 heteroatoms. The topological polar surface area (TPSA) is 9.23 Å². The summed E-state index contributed by atoms with van der Waals surface area (Å²) >= 11 is -3.67. The Bertz CT molecular complexity index is 308. The van der Waals surface area contributed by atoms with Gasteiger partial charge in [0.1, 0.15) is 0 Å². The van der Waals surface area contributed by atoms with Crippen molar-refractivity contribution in [3.05, 3.63) is 35.9 Å². The zero-order valence-corrected chi connectivity index (χ0v) is 13.4. The predicted octanol–water partition coefficient (Wildman–Crippen LogP) is 4.51. The van der Waals surface area contributed by atoms with Gasteiger partial charge in [0.05, 0.1) is 0 Å². The Morgan fingerprint density at radius 1 is 1.13 bits per heavy atom. The van der Waals surface area contributed by atoms with E-state index >= 15 is 0 Å². The van der Waals surface area contributed by atoms with Crippen LogP contribution in [0, 0.1) is 0 Å². The van der Waals surface area contributed by atoms with Crippen LogP contribution in [-0.4, -0.2) is 6.61 Å². The van der Waals surface area contributed by atoms with Crippen LogP contribution >= 0.6 is 25.5 Å². The first-order valence-corrected chi connectivity index (χ1v) is 15.1. The van der Waals surface area contributed by atoms with Gasteiger partial charge in [-0.15, -0.1) is 0 Å². The van der Waals surface area contributed by atoms with Crippen LogP contribution in [0.15, 0.2) is 30.3 Å². The fourth-order valence-corrected chi connectivity index (χ4v) is 3.49. The molecule has 1 nitrogen and oxygen atoms in total. The SMILES string of the molecule is CC(C)(C[O][Zr]([Cl])([Cl])[Cl])c1ccccc1. The molecule has 84 valence electrons. The van der Waals surface area contributed by atoms with Crippen LogP contribution in [0.5, 0.6) is 0 Å². The molecular weight excluding hydrogens is 334 g/mol. The Labute approximate surface area is 106 Å². The van der Waals surface area contributed by atoms with Crippen LogP contribution in [0.1, 0.15) is 19.4 Å². The fraction of sp³-hybridized carbons (Fsp3) is 0.400. The summed E-state index contributed by atoms with van der Waals surface area (Å²) in [6.45, 7) is 4.60. The minimum atomic E-state index is -3.67. The Hall–Kier alpha value is 0.933. The van der Waals surface area contributed by atoms with Gasteiger partial charge in [-0.1, -0.05) is 0 Å². The first-order chi connectivity index (χ1) is 6.81. The second kappa shape index (κ2) is 5.51. The molecule has 0 radical (unpaired) electrons. The molecule has 0 aliphatic carbocycles. The van der Waals surface area contributed by atoms with Crippen molar-refractivity contribution in [2.45, 2.75) is 19.3 Å². The van der Waals surface area contributed by atoms with E-state index in [1.807, 2.05) is 18.2 Å². The molecule has 1 aromatic rings. The number of halogens is 3. The first kappa shape index (κ1) is 14.0. The summed E-state index contributed by atoms with van der Waals surface area (Å²) in [5, 5.41) is 0. The van der Waals surface area contributed by atoms with Crippen LogP contribution in [-0.2, 0) is 25.4 Å². The predicted molar refractivity (Wildman–Crippen MR) is 63.0 cm³/mol. The van der Waals surface area contributed by atoms with Crippen LogP contribution in [0.25, 0.3) is 0 Å². The van der Waals surface area contributed by atoms with E-state index in [4.69, 9.17) is 28.4 Å². The van der Waals surface area contributed by atoms with Crippen molar-refractivity contribution < 1.29 is 19.9 Å². The van der Waals surface area contributed by atoms with Crippen LogP contribution in [0.3, 0.4) is 0 Å². The third-order valence-corrected chi connectivity index (χ3v) is 5.25. The number of hydrogen-bond acceptors (Lipinski definition) is 1. The summed E-state index contributed by atoms with van der Waals surface area (Å²) in [5.74, 6) is 0. The number of benzene rings is 1. The summed E-state index contributed by atoms with van der Waals surface area (Å²) in [6, 6.07) is 10.1. The van der Waals surface area contributed by atoms with E-state index in [1.54, 1.807) is 0 Å². The average molecular weight is 347 g/mol. The molecule has 1 aromatic carbocycles. The molecule has 0 spiro atoms. The molecule has 1 rings (SSSR count). The molecule has 0 N–H and O–H groups in total. The van der Waals surface area contributed by atoms with Gasteiger partial charge in [0.25, 0.3) is 0 Å². The van der Waals surface area contributed by atoms with Crippen LogP contribution in [0.2, 0.25) is 0 Å². The van der Waals surface area contributed by atoms with Crippen LogP contribution < -0.4 is 0 Å². The third kappa shape index (κ3) is 5.19. The Balaban J connectivity index is 2.68. The normalized spacial score (nSPS) is 12.9. The molecule has 0 amide bonds. The molecule has 0 saturated carbocycles. The van der Waals surface area contributed by atoms with Gasteiger partial charge >= 0.3 is 107 Å². The van der Waals surface area contributed by atoms with E-state index in [0.29, 0.717) is 6.61 Å². The van der Waals surface area contributed by atoms with E-state index in [9.17, 15) is 0 Å². The van der Waals surface area contributed by atoms with E-state index < -0.39 is 17.1 Å². The summed E-state index contributed by atoms with van der Waals surface area (Å²) in [7, 11) is 17.2. The average Bonchev–Trinajstić information content (AvgIpc) is 2.16. The molecule has 0 atom stereocenters. The van der Waals surface area contributed by atoms with Gasteiger partial charge in [-0.2, -0.15) is 0 Å². The second-order valence-corrected chi connectivity index (χ2v) is 19.8. The molecule has 0 unspecified atom stereocenters. The van der Waals surface area contributed by atoms with Gasteiger partial charge in [-0.3, -0.25) is 0 Å². The van der Waals surface area contributed by atoms with Gasteiger partial charge in [0.15, 0.2) is 0 Å². The quantitative estimate of drug-likeness (QED) is 0.779. The zero-order valence-electron chi connectivity index (χ0n) is 8.64. The molecule has 15 heavy (non-hydrogen) atoms. The Morgan fingerprint density at radius 2 is 1.67 bits per heavy atom. The Morgan fingerprint density at radius 3 is 2.13 bits per heavy atom. The van der Waals surface area contributed by atoms with E-state index in [0.717, 1.165) is 0 Å². The van der Waals surface area contributed by atoms with Crippen molar-refractivity contribution in [1.82, 2.24) is 0 Å². The molecule has 0 aliphatic heterocycles. The van der Waals surface area contributed by atoms with Crippen molar-refractivity contribution in [3.8, 4) is 0 Å². The van der Waals surface area contributed by atoms with Crippen molar-refractivity contribution in [2.24, 2.45) is 0 Å². The van der Waals surface area contributed by atoms with Crippen molar-refractivity contribution in [3.63, 3.8) is 0 Å². The molecule has 0 heterocycles. The van der Waals surface area contributed by atoms with Gasteiger partial charge in [-0.05, 0) is 0 Å².